The van der Waals surface area contributed by atoms with Crippen molar-refractivity contribution in [2.45, 2.75) is 11.8 Å². The molecule has 1 amide bonds. The van der Waals surface area contributed by atoms with E-state index in [2.05, 4.69) is 83.2 Å². The van der Waals surface area contributed by atoms with Crippen LogP contribution < -0.4 is 10.2 Å². The summed E-state index contributed by atoms with van der Waals surface area (Å²) in [5, 5.41) is 11.6. The zero-order chi connectivity index (χ0) is 34.8. The van der Waals surface area contributed by atoms with E-state index in [1.807, 2.05) is 42.5 Å². The summed E-state index contributed by atoms with van der Waals surface area (Å²) in [5.41, 5.74) is 6.60. The second kappa shape index (κ2) is 13.8. The highest BCUT2D eigenvalue weighted by Crippen LogP contribution is 2.37. The van der Waals surface area contributed by atoms with Gasteiger partial charge in [-0.15, -0.1) is 0 Å². The molecule has 2 saturated heterocycles. The van der Waals surface area contributed by atoms with Crippen molar-refractivity contribution in [3.63, 3.8) is 0 Å². The number of aromatic nitrogens is 4. The number of carbonyl (C=O) groups excluding carboxylic acids is 1. The lowest BCUT2D eigenvalue weighted by atomic mass is 9.78. The summed E-state index contributed by atoms with van der Waals surface area (Å²) in [6.07, 6.45) is 4.22. The van der Waals surface area contributed by atoms with Crippen LogP contribution in [0.25, 0.3) is 33.5 Å². The van der Waals surface area contributed by atoms with Crippen LogP contribution in [0.1, 0.15) is 12.0 Å². The molecule has 51 heavy (non-hydrogen) atoms. The molecule has 0 bridgehead atoms. The Morgan fingerprint density at radius 2 is 1.57 bits per heavy atom. The van der Waals surface area contributed by atoms with Crippen molar-refractivity contribution < 1.29 is 9.18 Å². The Morgan fingerprint density at radius 3 is 2.31 bits per heavy atom. The molecular formula is C41H39FN8O. The predicted octanol–water partition coefficient (Wildman–Crippen LogP) is 6.74. The van der Waals surface area contributed by atoms with Crippen LogP contribution in [0.5, 0.6) is 0 Å². The number of piperazine rings is 1. The molecule has 0 radical (unpaired) electrons. The number of aromatic amines is 1. The average molecular weight is 679 g/mol. The smallest absolute Gasteiger partial charge is 0.236 e. The maximum absolute atomic E-state index is 14.4. The molecule has 0 aliphatic carbocycles. The lowest BCUT2D eigenvalue weighted by molar-refractivity contribution is -0.121. The Morgan fingerprint density at radius 1 is 0.843 bits per heavy atom. The molecule has 1 atom stereocenters. The van der Waals surface area contributed by atoms with Crippen LogP contribution in [-0.2, 0) is 10.2 Å². The first-order valence-corrected chi connectivity index (χ1v) is 17.3. The van der Waals surface area contributed by atoms with Gasteiger partial charge >= 0.3 is 0 Å². The molecule has 256 valence electrons. The summed E-state index contributed by atoms with van der Waals surface area (Å²) < 4.78 is 13.6. The number of amides is 1. The predicted molar refractivity (Wildman–Crippen MR) is 200 cm³/mol. The highest BCUT2D eigenvalue weighted by Gasteiger charge is 2.46. The van der Waals surface area contributed by atoms with Gasteiger partial charge in [-0.1, -0.05) is 36.9 Å². The number of H-pyrrole nitrogens is 1. The standard InChI is InChI=1S/C41H39FN8O/c1-29(49-22-24-50(25-23-49)35-15-10-31(11-16-35)39-43-19-5-20-44-39)27-48-21-18-41(28-48,32-6-3-2-4-7-32)40(51)45-34-14-17-37-36(26-34)38(47-46-37)30-8-12-33(42)13-9-30/h2-17,19-20,26H,1,18,21-25,27-28H2,(H,45,51)(H,46,47). The molecular weight excluding hydrogens is 640 g/mol. The molecule has 0 spiro atoms. The van der Waals surface area contributed by atoms with Crippen molar-refractivity contribution in [2.75, 3.05) is 56.0 Å². The summed E-state index contributed by atoms with van der Waals surface area (Å²) in [5.74, 6) is 0.396. The third-order valence-corrected chi connectivity index (χ3v) is 10.2. The monoisotopic (exact) mass is 678 g/mol. The van der Waals surface area contributed by atoms with E-state index in [4.69, 9.17) is 0 Å². The first kappa shape index (κ1) is 32.3. The lowest BCUT2D eigenvalue weighted by Crippen LogP contribution is -2.47. The SMILES string of the molecule is C=C(CN1CCC(C(=O)Nc2ccc3[nH]nc(-c4ccc(F)cc4)c3c2)(c2ccccc2)C1)N1CCN(c2ccc(-c3ncccn3)cc2)CC1. The van der Waals surface area contributed by atoms with Gasteiger partial charge in [-0.25, -0.2) is 14.4 Å². The third kappa shape index (κ3) is 6.58. The van der Waals surface area contributed by atoms with E-state index in [0.717, 1.165) is 71.8 Å². The summed E-state index contributed by atoms with van der Waals surface area (Å²) in [4.78, 5) is 30.2. The lowest BCUT2D eigenvalue weighted by Gasteiger charge is -2.39. The van der Waals surface area contributed by atoms with Crippen LogP contribution in [0.2, 0.25) is 0 Å². The minimum atomic E-state index is -0.720. The van der Waals surface area contributed by atoms with Gasteiger partial charge in [-0.2, -0.15) is 5.10 Å². The Balaban J connectivity index is 0.929. The van der Waals surface area contributed by atoms with E-state index in [0.29, 0.717) is 30.9 Å². The second-order valence-electron chi connectivity index (χ2n) is 13.4. The fraction of sp³-hybridized carbons (Fsp3) is 0.220. The Labute approximate surface area is 296 Å². The number of fused-ring (bicyclic) bond motifs is 1. The molecule has 1 unspecified atom stereocenters. The van der Waals surface area contributed by atoms with Crippen molar-refractivity contribution in [1.82, 2.24) is 30.0 Å². The summed E-state index contributed by atoms with van der Waals surface area (Å²) in [6.45, 7) is 10.2. The minimum absolute atomic E-state index is 0.0357. The number of carbonyl (C=O) groups is 1. The Bertz CT molecular complexity index is 2150. The number of nitrogens with zero attached hydrogens (tertiary/aromatic N) is 6. The molecule has 10 heteroatoms. The maximum Gasteiger partial charge on any atom is 0.236 e. The van der Waals surface area contributed by atoms with Gasteiger partial charge in [0.1, 0.15) is 5.82 Å². The van der Waals surface area contributed by atoms with Crippen LogP contribution in [0, 0.1) is 5.82 Å². The Kier molecular flexibility index (Phi) is 8.75. The van der Waals surface area contributed by atoms with Crippen molar-refractivity contribution in [2.24, 2.45) is 0 Å². The molecule has 8 rings (SSSR count). The van der Waals surface area contributed by atoms with Gasteiger partial charge in [0, 0.05) is 91.8 Å². The summed E-state index contributed by atoms with van der Waals surface area (Å²) in [6, 6.07) is 32.4. The van der Waals surface area contributed by atoms with Gasteiger partial charge in [0.15, 0.2) is 5.82 Å². The molecule has 2 aliphatic rings. The minimum Gasteiger partial charge on any atom is -0.371 e. The number of rotatable bonds is 9. The molecule has 2 aromatic heterocycles. The number of hydrogen-bond donors (Lipinski definition) is 2. The fourth-order valence-corrected chi connectivity index (χ4v) is 7.41. The zero-order valence-electron chi connectivity index (χ0n) is 28.3. The summed E-state index contributed by atoms with van der Waals surface area (Å²) in [7, 11) is 0. The van der Waals surface area contributed by atoms with Gasteiger partial charge in [-0.05, 0) is 84.8 Å². The number of benzene rings is 4. The fourth-order valence-electron chi connectivity index (χ4n) is 7.41. The highest BCUT2D eigenvalue weighted by molar-refractivity contribution is 6.02. The zero-order valence-corrected chi connectivity index (χ0v) is 28.3. The number of halogens is 1. The van der Waals surface area contributed by atoms with Gasteiger partial charge in [0.25, 0.3) is 0 Å². The van der Waals surface area contributed by atoms with Crippen molar-refractivity contribution in [1.29, 1.82) is 0 Å². The first-order valence-electron chi connectivity index (χ1n) is 17.3. The number of anilines is 2. The van der Waals surface area contributed by atoms with E-state index in [1.165, 1.54) is 17.8 Å². The Hall–Kier alpha value is -5.87. The quantitative estimate of drug-likeness (QED) is 0.175. The van der Waals surface area contributed by atoms with E-state index < -0.39 is 5.41 Å². The van der Waals surface area contributed by atoms with Crippen molar-refractivity contribution in [3.8, 4) is 22.6 Å². The molecule has 9 nitrogen and oxygen atoms in total. The molecule has 4 aromatic carbocycles. The normalized spacial score (nSPS) is 17.9. The molecule has 4 heterocycles. The topological polar surface area (TPSA) is 93.3 Å². The molecule has 6 aromatic rings. The van der Waals surface area contributed by atoms with Crippen LogP contribution in [0.4, 0.5) is 15.8 Å². The molecule has 2 fully saturated rings. The number of likely N-dealkylation sites (tertiary alicyclic amines) is 1. The average Bonchev–Trinajstić information content (AvgIpc) is 3.81. The van der Waals surface area contributed by atoms with Crippen LogP contribution in [0.15, 0.2) is 128 Å². The van der Waals surface area contributed by atoms with Crippen LogP contribution >= 0.6 is 0 Å². The van der Waals surface area contributed by atoms with E-state index in [9.17, 15) is 9.18 Å². The highest BCUT2D eigenvalue weighted by atomic mass is 19.1. The van der Waals surface area contributed by atoms with Gasteiger partial charge in [0.2, 0.25) is 5.91 Å². The van der Waals surface area contributed by atoms with E-state index in [-0.39, 0.29) is 11.7 Å². The third-order valence-electron chi connectivity index (χ3n) is 10.2. The van der Waals surface area contributed by atoms with Crippen molar-refractivity contribution >= 4 is 28.2 Å². The van der Waals surface area contributed by atoms with E-state index >= 15 is 0 Å². The van der Waals surface area contributed by atoms with Crippen molar-refractivity contribution in [3.05, 3.63) is 139 Å². The van der Waals surface area contributed by atoms with Crippen LogP contribution in [-0.4, -0.2) is 81.7 Å². The van der Waals surface area contributed by atoms with E-state index in [1.54, 1.807) is 24.5 Å². The molecule has 2 N–H and O–H groups in total. The summed E-state index contributed by atoms with van der Waals surface area (Å²) >= 11 is 0. The maximum atomic E-state index is 14.4. The largest absolute Gasteiger partial charge is 0.371 e. The first-order chi connectivity index (χ1) is 24.9. The second-order valence-corrected chi connectivity index (χ2v) is 13.4. The van der Waals surface area contributed by atoms with Crippen LogP contribution in [0.3, 0.4) is 0 Å². The number of nitrogens with one attached hydrogen (secondary N) is 2. The molecule has 2 aliphatic heterocycles. The number of hydrogen-bond acceptors (Lipinski definition) is 7. The van der Waals surface area contributed by atoms with Gasteiger partial charge in [0.05, 0.1) is 16.6 Å². The van der Waals surface area contributed by atoms with Gasteiger partial charge in [-0.3, -0.25) is 14.8 Å². The van der Waals surface area contributed by atoms with Gasteiger partial charge < -0.3 is 15.1 Å². The molecule has 0 saturated carbocycles.